The average Bonchev–Trinajstić information content (AvgIpc) is 3.24. The Morgan fingerprint density at radius 1 is 0.935 bits per heavy atom. The maximum atomic E-state index is 6.26. The molecule has 0 amide bonds. The fourth-order valence-electron chi connectivity index (χ4n) is 3.27. The summed E-state index contributed by atoms with van der Waals surface area (Å²) >= 11 is 6.26. The first-order valence-electron chi connectivity index (χ1n) is 9.80. The van der Waals surface area contributed by atoms with Gasteiger partial charge in [-0.3, -0.25) is 4.99 Å². The van der Waals surface area contributed by atoms with Crippen LogP contribution in [0.3, 0.4) is 0 Å². The molecule has 0 bridgehead atoms. The molecule has 156 valence electrons. The van der Waals surface area contributed by atoms with Crippen LogP contribution in [-0.4, -0.2) is 30.2 Å². The fourth-order valence-corrected chi connectivity index (χ4v) is 3.47. The van der Waals surface area contributed by atoms with E-state index in [2.05, 4.69) is 4.99 Å². The maximum absolute atomic E-state index is 6.26. The molecule has 0 radical (unpaired) electrons. The van der Waals surface area contributed by atoms with Crippen molar-refractivity contribution < 1.29 is 9.47 Å². The van der Waals surface area contributed by atoms with Crippen LogP contribution in [0.4, 0.5) is 0 Å². The van der Waals surface area contributed by atoms with Crippen molar-refractivity contribution in [3.05, 3.63) is 95.1 Å². The third-order valence-corrected chi connectivity index (χ3v) is 5.24. The minimum Gasteiger partial charge on any atom is -0.493 e. The summed E-state index contributed by atoms with van der Waals surface area (Å²) in [5.74, 6) is 1.32. The highest BCUT2D eigenvalue weighted by Gasteiger charge is 2.14. The Bertz CT molecular complexity index is 1200. The smallest absolute Gasteiger partial charge is 0.161 e. The first-order chi connectivity index (χ1) is 15.2. The van der Waals surface area contributed by atoms with Gasteiger partial charge in [-0.2, -0.15) is 5.10 Å². The third kappa shape index (κ3) is 4.62. The van der Waals surface area contributed by atoms with Crippen molar-refractivity contribution in [2.24, 2.45) is 4.99 Å². The number of benzene rings is 3. The van der Waals surface area contributed by atoms with E-state index in [1.807, 2.05) is 89.9 Å². The van der Waals surface area contributed by atoms with Crippen molar-refractivity contribution in [3.63, 3.8) is 0 Å². The molecular formula is C25H22ClN3O2. The second-order valence-electron chi connectivity index (χ2n) is 6.84. The van der Waals surface area contributed by atoms with Gasteiger partial charge in [-0.25, -0.2) is 4.68 Å². The molecule has 0 saturated heterocycles. The van der Waals surface area contributed by atoms with Gasteiger partial charge in [-0.15, -0.1) is 0 Å². The topological polar surface area (TPSA) is 48.6 Å². The number of aliphatic imine (C=N–C) groups is 1. The lowest BCUT2D eigenvalue weighted by Crippen LogP contribution is -1.95. The van der Waals surface area contributed by atoms with Gasteiger partial charge >= 0.3 is 0 Å². The Hall–Kier alpha value is -3.57. The van der Waals surface area contributed by atoms with E-state index >= 15 is 0 Å². The van der Waals surface area contributed by atoms with Crippen LogP contribution < -0.4 is 9.47 Å². The monoisotopic (exact) mass is 431 g/mol. The minimum atomic E-state index is 0.488. The van der Waals surface area contributed by atoms with Gasteiger partial charge in [0.15, 0.2) is 11.5 Å². The Balaban J connectivity index is 1.73. The molecule has 6 heteroatoms. The number of para-hydroxylation sites is 1. The number of rotatable bonds is 7. The SMILES string of the molecule is COc1ccc(-c2nn(-c3ccccc3)cc2C=NCc2ccccc2Cl)cc1OC. The summed E-state index contributed by atoms with van der Waals surface area (Å²) in [6.07, 6.45) is 3.80. The molecule has 1 aromatic heterocycles. The summed E-state index contributed by atoms with van der Waals surface area (Å²) in [6.45, 7) is 0.488. The highest BCUT2D eigenvalue weighted by atomic mass is 35.5. The van der Waals surface area contributed by atoms with E-state index in [-0.39, 0.29) is 0 Å². The van der Waals surface area contributed by atoms with E-state index in [0.717, 1.165) is 28.1 Å². The highest BCUT2D eigenvalue weighted by molar-refractivity contribution is 6.31. The number of hydrogen-bond donors (Lipinski definition) is 0. The lowest BCUT2D eigenvalue weighted by Gasteiger charge is -2.09. The van der Waals surface area contributed by atoms with Crippen LogP contribution in [0, 0.1) is 0 Å². The summed E-state index contributed by atoms with van der Waals surface area (Å²) in [7, 11) is 3.24. The molecule has 0 aliphatic rings. The summed E-state index contributed by atoms with van der Waals surface area (Å²) in [5.41, 5.74) is 4.54. The number of halogens is 1. The van der Waals surface area contributed by atoms with E-state index < -0.39 is 0 Å². The van der Waals surface area contributed by atoms with E-state index in [1.165, 1.54) is 0 Å². The third-order valence-electron chi connectivity index (χ3n) is 4.87. The van der Waals surface area contributed by atoms with Crippen LogP contribution in [0.2, 0.25) is 5.02 Å². The van der Waals surface area contributed by atoms with Gasteiger partial charge in [0.05, 0.1) is 26.5 Å². The summed E-state index contributed by atoms with van der Waals surface area (Å²) in [6, 6.07) is 23.4. The van der Waals surface area contributed by atoms with Crippen LogP contribution in [0.1, 0.15) is 11.1 Å². The van der Waals surface area contributed by atoms with Crippen LogP contribution in [0.15, 0.2) is 84.0 Å². The van der Waals surface area contributed by atoms with Gasteiger partial charge in [0.25, 0.3) is 0 Å². The first-order valence-corrected chi connectivity index (χ1v) is 10.2. The molecule has 0 aliphatic heterocycles. The number of nitrogens with zero attached hydrogens (tertiary/aromatic N) is 3. The molecule has 4 rings (SSSR count). The molecule has 4 aromatic rings. The van der Waals surface area contributed by atoms with Crippen LogP contribution >= 0.6 is 11.6 Å². The number of ether oxygens (including phenoxy) is 2. The molecule has 0 saturated carbocycles. The zero-order valence-electron chi connectivity index (χ0n) is 17.3. The zero-order chi connectivity index (χ0) is 21.6. The molecule has 31 heavy (non-hydrogen) atoms. The molecule has 1 heterocycles. The molecule has 0 spiro atoms. The molecular weight excluding hydrogens is 410 g/mol. The van der Waals surface area contributed by atoms with E-state index in [1.54, 1.807) is 14.2 Å². The van der Waals surface area contributed by atoms with Crippen molar-refractivity contribution in [3.8, 4) is 28.4 Å². The standard InChI is InChI=1S/C25H22ClN3O2/c1-30-23-13-12-18(14-24(23)31-2)25-20(16-27-15-19-8-6-7-11-22(19)26)17-29(28-25)21-9-4-3-5-10-21/h3-14,16-17H,15H2,1-2H3. The molecule has 0 aliphatic carbocycles. The Morgan fingerprint density at radius 3 is 2.42 bits per heavy atom. The Labute approximate surface area is 186 Å². The first kappa shape index (κ1) is 20.7. The average molecular weight is 432 g/mol. The zero-order valence-corrected chi connectivity index (χ0v) is 18.1. The van der Waals surface area contributed by atoms with Crippen LogP contribution in [-0.2, 0) is 6.54 Å². The largest absolute Gasteiger partial charge is 0.493 e. The maximum Gasteiger partial charge on any atom is 0.161 e. The van der Waals surface area contributed by atoms with Gasteiger partial charge in [0.1, 0.15) is 5.69 Å². The molecule has 0 fully saturated rings. The molecule has 0 atom stereocenters. The Kier molecular flexibility index (Phi) is 6.34. The molecule has 5 nitrogen and oxygen atoms in total. The predicted molar refractivity (Wildman–Crippen MR) is 125 cm³/mol. The lowest BCUT2D eigenvalue weighted by atomic mass is 10.1. The van der Waals surface area contributed by atoms with Gasteiger partial charge in [-0.05, 0) is 42.0 Å². The number of hydrogen-bond acceptors (Lipinski definition) is 4. The van der Waals surface area contributed by atoms with Crippen molar-refractivity contribution in [2.45, 2.75) is 6.54 Å². The van der Waals surface area contributed by atoms with Crippen molar-refractivity contribution >= 4 is 17.8 Å². The molecule has 0 N–H and O–H groups in total. The number of methoxy groups -OCH3 is 2. The number of aromatic nitrogens is 2. The lowest BCUT2D eigenvalue weighted by molar-refractivity contribution is 0.355. The van der Waals surface area contributed by atoms with E-state index in [4.69, 9.17) is 26.2 Å². The normalized spacial score (nSPS) is 11.1. The van der Waals surface area contributed by atoms with Gasteiger partial charge in [0, 0.05) is 28.6 Å². The van der Waals surface area contributed by atoms with Gasteiger partial charge in [0.2, 0.25) is 0 Å². The van der Waals surface area contributed by atoms with Gasteiger partial charge in [-0.1, -0.05) is 48.0 Å². The summed E-state index contributed by atoms with van der Waals surface area (Å²) in [5, 5.41) is 5.54. The second-order valence-corrected chi connectivity index (χ2v) is 7.25. The summed E-state index contributed by atoms with van der Waals surface area (Å²) < 4.78 is 12.7. The summed E-state index contributed by atoms with van der Waals surface area (Å²) in [4.78, 5) is 4.62. The van der Waals surface area contributed by atoms with Crippen molar-refractivity contribution in [1.29, 1.82) is 0 Å². The molecule has 0 unspecified atom stereocenters. The van der Waals surface area contributed by atoms with Crippen molar-refractivity contribution in [1.82, 2.24) is 9.78 Å². The van der Waals surface area contributed by atoms with Crippen LogP contribution in [0.5, 0.6) is 11.5 Å². The molecule has 3 aromatic carbocycles. The fraction of sp³-hybridized carbons (Fsp3) is 0.120. The highest BCUT2D eigenvalue weighted by Crippen LogP contribution is 2.33. The van der Waals surface area contributed by atoms with E-state index in [9.17, 15) is 0 Å². The van der Waals surface area contributed by atoms with Gasteiger partial charge < -0.3 is 9.47 Å². The predicted octanol–water partition coefficient (Wildman–Crippen LogP) is 5.83. The quantitative estimate of drug-likeness (QED) is 0.346. The van der Waals surface area contributed by atoms with Crippen molar-refractivity contribution in [2.75, 3.05) is 14.2 Å². The second kappa shape index (κ2) is 9.49. The minimum absolute atomic E-state index is 0.488. The van der Waals surface area contributed by atoms with E-state index in [0.29, 0.717) is 23.1 Å². The van der Waals surface area contributed by atoms with Crippen LogP contribution in [0.25, 0.3) is 16.9 Å². The Morgan fingerprint density at radius 2 is 1.68 bits per heavy atom.